The van der Waals surface area contributed by atoms with E-state index in [9.17, 15) is 0 Å². The van der Waals surface area contributed by atoms with Gasteiger partial charge in [-0.15, -0.1) is 0 Å². The zero-order chi connectivity index (χ0) is 10.0. The van der Waals surface area contributed by atoms with Crippen LogP contribution in [0.3, 0.4) is 0 Å². The molecular formula is C10H12N4. The van der Waals surface area contributed by atoms with Gasteiger partial charge in [0.15, 0.2) is 0 Å². The number of dihydropyridines is 1. The minimum absolute atomic E-state index is 0.657. The Balaban J connectivity index is 2.39. The summed E-state index contributed by atoms with van der Waals surface area (Å²) in [6.07, 6.45) is 9.02. The first-order valence-electron chi connectivity index (χ1n) is 4.34. The maximum atomic E-state index is 6.08. The maximum absolute atomic E-state index is 6.08. The summed E-state index contributed by atoms with van der Waals surface area (Å²) in [6.45, 7) is 0. The van der Waals surface area contributed by atoms with Crippen LogP contribution in [-0.2, 0) is 5.66 Å². The van der Waals surface area contributed by atoms with Crippen molar-refractivity contribution >= 4 is 5.69 Å². The van der Waals surface area contributed by atoms with Crippen LogP contribution in [0.2, 0.25) is 0 Å². The second-order valence-corrected chi connectivity index (χ2v) is 3.21. The number of anilines is 1. The molecule has 2 rings (SSSR count). The molecule has 1 aliphatic heterocycles. The minimum atomic E-state index is -0.746. The number of rotatable bonds is 1. The topological polar surface area (TPSA) is 77.0 Å². The van der Waals surface area contributed by atoms with Crippen LogP contribution < -0.4 is 16.8 Å². The lowest BCUT2D eigenvalue weighted by Gasteiger charge is -2.27. The molecule has 0 aliphatic carbocycles. The molecule has 0 radical (unpaired) electrons. The Morgan fingerprint density at radius 1 is 1.36 bits per heavy atom. The average molecular weight is 188 g/mol. The van der Waals surface area contributed by atoms with Crippen molar-refractivity contribution in [2.45, 2.75) is 5.66 Å². The number of pyridine rings is 1. The van der Waals surface area contributed by atoms with E-state index in [4.69, 9.17) is 11.5 Å². The molecule has 0 aromatic carbocycles. The summed E-state index contributed by atoms with van der Waals surface area (Å²) in [6, 6.07) is 3.49. The molecule has 1 aromatic rings. The van der Waals surface area contributed by atoms with E-state index in [1.54, 1.807) is 24.5 Å². The van der Waals surface area contributed by atoms with Gasteiger partial charge in [-0.1, -0.05) is 6.08 Å². The highest BCUT2D eigenvalue weighted by molar-refractivity contribution is 5.41. The highest BCUT2D eigenvalue weighted by Gasteiger charge is 2.25. The molecule has 4 nitrogen and oxygen atoms in total. The van der Waals surface area contributed by atoms with Gasteiger partial charge in [0.1, 0.15) is 5.66 Å². The van der Waals surface area contributed by atoms with Crippen LogP contribution in [-0.4, -0.2) is 4.98 Å². The Morgan fingerprint density at radius 2 is 2.21 bits per heavy atom. The van der Waals surface area contributed by atoms with Crippen LogP contribution in [0, 0.1) is 0 Å². The fourth-order valence-corrected chi connectivity index (χ4v) is 1.33. The molecule has 0 bridgehead atoms. The molecule has 1 aromatic heterocycles. The van der Waals surface area contributed by atoms with Gasteiger partial charge in [-0.25, -0.2) is 0 Å². The third-order valence-electron chi connectivity index (χ3n) is 2.10. The molecule has 1 aliphatic rings. The lowest BCUT2D eigenvalue weighted by molar-refractivity contribution is 0.479. The van der Waals surface area contributed by atoms with E-state index in [1.807, 2.05) is 18.2 Å². The molecule has 14 heavy (non-hydrogen) atoms. The van der Waals surface area contributed by atoms with Crippen molar-refractivity contribution in [1.29, 1.82) is 0 Å². The van der Waals surface area contributed by atoms with Crippen LogP contribution in [0.1, 0.15) is 5.69 Å². The Bertz CT molecular complexity index is 397. The van der Waals surface area contributed by atoms with Crippen LogP contribution in [0.5, 0.6) is 0 Å². The Morgan fingerprint density at radius 3 is 2.86 bits per heavy atom. The quantitative estimate of drug-likeness (QED) is 0.598. The van der Waals surface area contributed by atoms with Crippen LogP contribution in [0.25, 0.3) is 0 Å². The van der Waals surface area contributed by atoms with E-state index in [2.05, 4.69) is 10.3 Å². The van der Waals surface area contributed by atoms with Gasteiger partial charge in [-0.3, -0.25) is 4.98 Å². The third kappa shape index (κ3) is 1.47. The monoisotopic (exact) mass is 188 g/mol. The van der Waals surface area contributed by atoms with Crippen molar-refractivity contribution < 1.29 is 0 Å². The zero-order valence-electron chi connectivity index (χ0n) is 7.64. The van der Waals surface area contributed by atoms with E-state index in [1.165, 1.54) is 0 Å². The largest absolute Gasteiger partial charge is 0.399 e. The van der Waals surface area contributed by atoms with E-state index in [-0.39, 0.29) is 0 Å². The first-order valence-corrected chi connectivity index (χ1v) is 4.34. The maximum Gasteiger partial charge on any atom is 0.149 e. The molecule has 2 heterocycles. The summed E-state index contributed by atoms with van der Waals surface area (Å²) < 4.78 is 0. The van der Waals surface area contributed by atoms with Gasteiger partial charge in [-0.2, -0.15) is 0 Å². The molecule has 0 amide bonds. The summed E-state index contributed by atoms with van der Waals surface area (Å²) in [7, 11) is 0. The summed E-state index contributed by atoms with van der Waals surface area (Å²) in [4.78, 5) is 4.18. The fraction of sp³-hybridized carbons (Fsp3) is 0.100. The SMILES string of the molecule is Nc1ccnc(C2(N)C=CC=CN2)c1. The van der Waals surface area contributed by atoms with E-state index in [0.29, 0.717) is 11.4 Å². The molecule has 72 valence electrons. The Labute approximate surface area is 82.3 Å². The Hall–Kier alpha value is -1.81. The normalized spacial score (nSPS) is 24.6. The van der Waals surface area contributed by atoms with Crippen LogP contribution in [0.4, 0.5) is 5.69 Å². The number of nitrogens with zero attached hydrogens (tertiary/aromatic N) is 1. The highest BCUT2D eigenvalue weighted by Crippen LogP contribution is 2.18. The van der Waals surface area contributed by atoms with Gasteiger partial charge < -0.3 is 16.8 Å². The zero-order valence-corrected chi connectivity index (χ0v) is 7.64. The number of aromatic nitrogens is 1. The second-order valence-electron chi connectivity index (χ2n) is 3.21. The van der Waals surface area contributed by atoms with Crippen molar-refractivity contribution in [2.24, 2.45) is 5.73 Å². The van der Waals surface area contributed by atoms with Crippen LogP contribution in [0.15, 0.2) is 42.8 Å². The summed E-state index contributed by atoms with van der Waals surface area (Å²) in [5.41, 5.74) is 12.4. The number of nitrogen functional groups attached to an aromatic ring is 1. The van der Waals surface area contributed by atoms with Gasteiger partial charge in [-0.05, 0) is 30.5 Å². The molecule has 0 fully saturated rings. The molecule has 5 N–H and O–H groups in total. The number of hydrogen-bond acceptors (Lipinski definition) is 4. The lowest BCUT2D eigenvalue weighted by atomic mass is 10.0. The van der Waals surface area contributed by atoms with E-state index >= 15 is 0 Å². The first kappa shape index (κ1) is 8.77. The number of nitrogens with one attached hydrogen (secondary N) is 1. The highest BCUT2D eigenvalue weighted by atomic mass is 15.1. The first-order chi connectivity index (χ1) is 6.71. The van der Waals surface area contributed by atoms with Gasteiger partial charge in [0.25, 0.3) is 0 Å². The molecule has 1 unspecified atom stereocenters. The molecule has 1 atom stereocenters. The fourth-order valence-electron chi connectivity index (χ4n) is 1.33. The van der Waals surface area contributed by atoms with Crippen molar-refractivity contribution in [3.8, 4) is 0 Å². The van der Waals surface area contributed by atoms with Crippen molar-refractivity contribution in [1.82, 2.24) is 10.3 Å². The summed E-state index contributed by atoms with van der Waals surface area (Å²) in [5.74, 6) is 0. The smallest absolute Gasteiger partial charge is 0.149 e. The predicted octanol–water partition coefficient (Wildman–Crippen LogP) is 0.448. The van der Waals surface area contributed by atoms with Gasteiger partial charge >= 0.3 is 0 Å². The average Bonchev–Trinajstić information content (AvgIpc) is 2.19. The van der Waals surface area contributed by atoms with Crippen molar-refractivity contribution in [2.75, 3.05) is 5.73 Å². The summed E-state index contributed by atoms with van der Waals surface area (Å²) in [5, 5.41) is 3.03. The van der Waals surface area contributed by atoms with Gasteiger partial charge in [0, 0.05) is 11.9 Å². The van der Waals surface area contributed by atoms with Gasteiger partial charge in [0.05, 0.1) is 5.69 Å². The van der Waals surface area contributed by atoms with Gasteiger partial charge in [0.2, 0.25) is 0 Å². The second kappa shape index (κ2) is 3.16. The predicted molar refractivity (Wildman–Crippen MR) is 55.9 cm³/mol. The molecule has 0 saturated heterocycles. The van der Waals surface area contributed by atoms with Crippen molar-refractivity contribution in [3.63, 3.8) is 0 Å². The lowest BCUT2D eigenvalue weighted by Crippen LogP contribution is -2.47. The molecular weight excluding hydrogens is 176 g/mol. The third-order valence-corrected chi connectivity index (χ3v) is 2.10. The standard InChI is InChI=1S/C10H12N4/c11-8-3-6-13-9(7-8)10(12)4-1-2-5-14-10/h1-7,14H,12H2,(H2,11,13). The van der Waals surface area contributed by atoms with Crippen LogP contribution >= 0.6 is 0 Å². The number of allylic oxidation sites excluding steroid dienone is 2. The van der Waals surface area contributed by atoms with E-state index < -0.39 is 5.66 Å². The number of hydrogen-bond donors (Lipinski definition) is 3. The summed E-state index contributed by atoms with van der Waals surface area (Å²) >= 11 is 0. The molecule has 4 heteroatoms. The molecule has 0 spiro atoms. The van der Waals surface area contributed by atoms with E-state index in [0.717, 1.165) is 0 Å². The Kier molecular flexibility index (Phi) is 1.98. The van der Waals surface area contributed by atoms with Crippen molar-refractivity contribution in [3.05, 3.63) is 48.5 Å². The molecule has 0 saturated carbocycles. The number of nitrogens with two attached hydrogens (primary N) is 2. The minimum Gasteiger partial charge on any atom is -0.399 e.